The Kier molecular flexibility index (Phi) is 4.94. The summed E-state index contributed by atoms with van der Waals surface area (Å²) < 4.78 is 14.5. The lowest BCUT2D eigenvalue weighted by atomic mass is 9.86. The van der Waals surface area contributed by atoms with Crippen molar-refractivity contribution in [3.8, 4) is 22.7 Å². The third kappa shape index (κ3) is 3.56. The van der Waals surface area contributed by atoms with E-state index in [1.54, 1.807) is 10.7 Å². The lowest BCUT2D eigenvalue weighted by Gasteiger charge is -2.25. The summed E-state index contributed by atoms with van der Waals surface area (Å²) in [5, 5.41) is 9.96. The van der Waals surface area contributed by atoms with E-state index in [1.807, 2.05) is 60.4 Å². The van der Waals surface area contributed by atoms with Crippen molar-refractivity contribution in [3.63, 3.8) is 0 Å². The molecule has 4 aromatic rings. The van der Waals surface area contributed by atoms with Crippen molar-refractivity contribution in [1.82, 2.24) is 19.6 Å². The molecule has 158 valence electrons. The molecule has 0 bridgehead atoms. The van der Waals surface area contributed by atoms with E-state index >= 15 is 0 Å². The number of esters is 1. The zero-order valence-electron chi connectivity index (χ0n) is 17.6. The maximum absolute atomic E-state index is 12.3. The van der Waals surface area contributed by atoms with E-state index in [2.05, 4.69) is 10.2 Å². The molecule has 0 saturated heterocycles. The molecule has 1 fully saturated rings. The van der Waals surface area contributed by atoms with Crippen molar-refractivity contribution in [3.05, 3.63) is 60.4 Å². The number of fused-ring (bicyclic) bond motifs is 1. The molecule has 0 N–H and O–H groups in total. The van der Waals surface area contributed by atoms with Crippen LogP contribution in [-0.2, 0) is 11.8 Å². The largest absolute Gasteiger partial charge is 0.493 e. The Balaban J connectivity index is 1.60. The number of hydrogen-bond acceptors (Lipinski definition) is 5. The van der Waals surface area contributed by atoms with Crippen LogP contribution in [0.25, 0.3) is 27.8 Å². The Morgan fingerprint density at radius 2 is 2.00 bits per heavy atom. The van der Waals surface area contributed by atoms with E-state index in [-0.39, 0.29) is 5.69 Å². The molecule has 2 aromatic carbocycles. The molecule has 0 unspecified atom stereocenters. The van der Waals surface area contributed by atoms with E-state index in [1.165, 1.54) is 26.4 Å². The zero-order chi connectivity index (χ0) is 21.4. The number of benzene rings is 2. The Labute approximate surface area is 180 Å². The van der Waals surface area contributed by atoms with Crippen LogP contribution in [0.1, 0.15) is 29.8 Å². The molecule has 7 heteroatoms. The summed E-state index contributed by atoms with van der Waals surface area (Å²) >= 11 is 0. The number of carbonyl (C=O) groups excluding carboxylic acids is 1. The van der Waals surface area contributed by atoms with Crippen LogP contribution in [0.3, 0.4) is 0 Å². The summed E-state index contributed by atoms with van der Waals surface area (Å²) in [6.07, 6.45) is 5.59. The SMILES string of the molecule is COC(=O)c1cc(-c2cccc(OCC3CCC3)c2)n(-c2cccc3cnn(C)c23)n1. The van der Waals surface area contributed by atoms with Crippen LogP contribution >= 0.6 is 0 Å². The average molecular weight is 416 g/mol. The van der Waals surface area contributed by atoms with Crippen molar-refractivity contribution >= 4 is 16.9 Å². The van der Waals surface area contributed by atoms with Gasteiger partial charge in [0.25, 0.3) is 0 Å². The van der Waals surface area contributed by atoms with Gasteiger partial charge in [-0.15, -0.1) is 0 Å². The van der Waals surface area contributed by atoms with E-state index in [4.69, 9.17) is 9.47 Å². The summed E-state index contributed by atoms with van der Waals surface area (Å²) in [6.45, 7) is 0.741. The van der Waals surface area contributed by atoms with Gasteiger partial charge in [-0.05, 0) is 43.0 Å². The summed E-state index contributed by atoms with van der Waals surface area (Å²) in [5.41, 5.74) is 3.71. The predicted octanol–water partition coefficient (Wildman–Crippen LogP) is 4.39. The second-order valence-corrected chi connectivity index (χ2v) is 7.94. The summed E-state index contributed by atoms with van der Waals surface area (Å²) in [6, 6.07) is 15.6. The fourth-order valence-electron chi connectivity index (χ4n) is 3.98. The molecule has 2 heterocycles. The first-order valence-corrected chi connectivity index (χ1v) is 10.5. The van der Waals surface area contributed by atoms with Gasteiger partial charge >= 0.3 is 5.97 Å². The molecule has 0 amide bonds. The molecule has 7 nitrogen and oxygen atoms in total. The maximum Gasteiger partial charge on any atom is 0.358 e. The minimum absolute atomic E-state index is 0.248. The minimum Gasteiger partial charge on any atom is -0.493 e. The van der Waals surface area contributed by atoms with Gasteiger partial charge in [-0.2, -0.15) is 10.2 Å². The number of carbonyl (C=O) groups is 1. The van der Waals surface area contributed by atoms with Crippen LogP contribution in [0, 0.1) is 5.92 Å². The molecule has 0 radical (unpaired) electrons. The second kappa shape index (κ2) is 7.91. The Morgan fingerprint density at radius 3 is 2.77 bits per heavy atom. The molecule has 2 aromatic heterocycles. The lowest BCUT2D eigenvalue weighted by molar-refractivity contribution is 0.0593. The second-order valence-electron chi connectivity index (χ2n) is 7.94. The van der Waals surface area contributed by atoms with Gasteiger partial charge in [0.2, 0.25) is 0 Å². The highest BCUT2D eigenvalue weighted by molar-refractivity contribution is 5.91. The number of hydrogen-bond donors (Lipinski definition) is 0. The highest BCUT2D eigenvalue weighted by atomic mass is 16.5. The van der Waals surface area contributed by atoms with E-state index in [0.29, 0.717) is 5.92 Å². The van der Waals surface area contributed by atoms with Crippen LogP contribution in [0.15, 0.2) is 54.7 Å². The van der Waals surface area contributed by atoms with Gasteiger partial charge in [0.1, 0.15) is 5.75 Å². The minimum atomic E-state index is -0.477. The molecule has 5 rings (SSSR count). The molecule has 0 aliphatic heterocycles. The highest BCUT2D eigenvalue weighted by Crippen LogP contribution is 2.31. The zero-order valence-corrected chi connectivity index (χ0v) is 17.6. The summed E-state index contributed by atoms with van der Waals surface area (Å²) in [5.74, 6) is 0.993. The molecular formula is C24H24N4O3. The van der Waals surface area contributed by atoms with E-state index in [0.717, 1.165) is 40.2 Å². The molecular weight excluding hydrogens is 392 g/mol. The molecule has 0 spiro atoms. The van der Waals surface area contributed by atoms with Crippen molar-refractivity contribution in [1.29, 1.82) is 0 Å². The highest BCUT2D eigenvalue weighted by Gasteiger charge is 2.21. The van der Waals surface area contributed by atoms with Crippen LogP contribution in [-0.4, -0.2) is 39.2 Å². The quantitative estimate of drug-likeness (QED) is 0.436. The maximum atomic E-state index is 12.3. The number of rotatable bonds is 6. The molecule has 1 saturated carbocycles. The fraction of sp³-hybridized carbons (Fsp3) is 0.292. The Hall–Kier alpha value is -3.61. The number of para-hydroxylation sites is 1. The number of ether oxygens (including phenoxy) is 2. The van der Waals surface area contributed by atoms with Gasteiger partial charge in [0.15, 0.2) is 5.69 Å². The predicted molar refractivity (Wildman–Crippen MR) is 117 cm³/mol. The van der Waals surface area contributed by atoms with Crippen molar-refractivity contribution in [2.24, 2.45) is 13.0 Å². The number of aryl methyl sites for hydroxylation is 1. The van der Waals surface area contributed by atoms with E-state index < -0.39 is 5.97 Å². The first-order chi connectivity index (χ1) is 15.1. The summed E-state index contributed by atoms with van der Waals surface area (Å²) in [4.78, 5) is 12.3. The van der Waals surface area contributed by atoms with Gasteiger partial charge in [0.05, 0.1) is 36.8 Å². The van der Waals surface area contributed by atoms with Crippen LogP contribution in [0.4, 0.5) is 0 Å². The molecule has 1 aliphatic rings. The third-order valence-electron chi connectivity index (χ3n) is 5.91. The van der Waals surface area contributed by atoms with E-state index in [9.17, 15) is 4.79 Å². The van der Waals surface area contributed by atoms with Gasteiger partial charge < -0.3 is 9.47 Å². The van der Waals surface area contributed by atoms with Gasteiger partial charge in [0, 0.05) is 18.0 Å². The van der Waals surface area contributed by atoms with Crippen LogP contribution in [0.2, 0.25) is 0 Å². The standard InChI is InChI=1S/C24H24N4O3/c1-27-23-18(14-25-27)9-5-11-21(23)28-22(13-20(26-28)24(29)30-2)17-8-4-10-19(12-17)31-15-16-6-3-7-16/h4-5,8-14,16H,3,6-7,15H2,1-2H3. The van der Waals surface area contributed by atoms with Crippen molar-refractivity contribution in [2.75, 3.05) is 13.7 Å². The third-order valence-corrected chi connectivity index (χ3v) is 5.91. The van der Waals surface area contributed by atoms with Crippen molar-refractivity contribution in [2.45, 2.75) is 19.3 Å². The Morgan fingerprint density at radius 1 is 1.16 bits per heavy atom. The summed E-state index contributed by atoms with van der Waals surface area (Å²) in [7, 11) is 3.25. The van der Waals surface area contributed by atoms with Gasteiger partial charge in [-0.25, -0.2) is 9.48 Å². The molecule has 0 atom stereocenters. The monoisotopic (exact) mass is 416 g/mol. The Bertz CT molecular complexity index is 1250. The number of aromatic nitrogens is 4. The van der Waals surface area contributed by atoms with Crippen molar-refractivity contribution < 1.29 is 14.3 Å². The average Bonchev–Trinajstić information content (AvgIpc) is 3.37. The number of nitrogens with zero attached hydrogens (tertiary/aromatic N) is 4. The molecule has 31 heavy (non-hydrogen) atoms. The lowest BCUT2D eigenvalue weighted by Crippen LogP contribution is -2.19. The number of methoxy groups -OCH3 is 1. The first-order valence-electron chi connectivity index (χ1n) is 10.5. The normalized spacial score (nSPS) is 13.9. The van der Waals surface area contributed by atoms with Crippen LogP contribution in [0.5, 0.6) is 5.75 Å². The topological polar surface area (TPSA) is 71.2 Å². The fourth-order valence-corrected chi connectivity index (χ4v) is 3.98. The van der Waals surface area contributed by atoms with Crippen LogP contribution < -0.4 is 4.74 Å². The first kappa shape index (κ1) is 19.4. The van der Waals surface area contributed by atoms with Gasteiger partial charge in [-0.3, -0.25) is 4.68 Å². The molecule has 1 aliphatic carbocycles. The smallest absolute Gasteiger partial charge is 0.358 e. The van der Waals surface area contributed by atoms with Gasteiger partial charge in [-0.1, -0.05) is 30.7 Å².